The van der Waals surface area contributed by atoms with Crippen LogP contribution in [0.5, 0.6) is 0 Å². The van der Waals surface area contributed by atoms with Crippen molar-refractivity contribution in [1.82, 2.24) is 4.57 Å². The average molecular weight is 566 g/mol. The number of amides is 3. The third-order valence-electron chi connectivity index (χ3n) is 6.62. The van der Waals surface area contributed by atoms with Gasteiger partial charge in [-0.05, 0) is 54.8 Å². The quantitative estimate of drug-likeness (QED) is 0.350. The number of fused-ring (bicyclic) bond motifs is 2. The SMILES string of the molecule is Cc1ccc(N2C(=O)[C@H]3[C@H](c4cccs4)c4sc(=O)n(CC(=O)Nc5ccc(F)cc5)c4S[C@H]3C2=O)cc1. The molecule has 0 unspecified atom stereocenters. The van der Waals surface area contributed by atoms with Gasteiger partial charge in [0.05, 0.1) is 16.6 Å². The Morgan fingerprint density at radius 1 is 1.00 bits per heavy atom. The molecule has 0 aliphatic carbocycles. The Labute approximate surface area is 228 Å². The number of benzene rings is 2. The van der Waals surface area contributed by atoms with Gasteiger partial charge in [0.1, 0.15) is 17.6 Å². The van der Waals surface area contributed by atoms with Crippen molar-refractivity contribution < 1.29 is 18.8 Å². The minimum atomic E-state index is -0.733. The summed E-state index contributed by atoms with van der Waals surface area (Å²) in [5.41, 5.74) is 1.94. The van der Waals surface area contributed by atoms with Crippen molar-refractivity contribution in [2.45, 2.75) is 29.7 Å². The van der Waals surface area contributed by atoms with Crippen LogP contribution in [0.3, 0.4) is 0 Å². The van der Waals surface area contributed by atoms with Crippen LogP contribution < -0.4 is 15.1 Å². The molecule has 1 N–H and O–H groups in total. The first-order valence-electron chi connectivity index (χ1n) is 11.8. The van der Waals surface area contributed by atoms with Crippen LogP contribution in [0.2, 0.25) is 0 Å². The van der Waals surface area contributed by atoms with E-state index in [9.17, 15) is 23.6 Å². The number of carbonyl (C=O) groups is 3. The van der Waals surface area contributed by atoms with Gasteiger partial charge in [-0.2, -0.15) is 0 Å². The Morgan fingerprint density at radius 3 is 2.42 bits per heavy atom. The molecular weight excluding hydrogens is 546 g/mol. The zero-order valence-electron chi connectivity index (χ0n) is 19.9. The predicted molar refractivity (Wildman–Crippen MR) is 147 cm³/mol. The van der Waals surface area contributed by atoms with Gasteiger partial charge in [-0.15, -0.1) is 11.3 Å². The number of hydrogen-bond donors (Lipinski definition) is 1. The molecule has 11 heteroatoms. The van der Waals surface area contributed by atoms with Crippen LogP contribution in [0.25, 0.3) is 0 Å². The summed E-state index contributed by atoms with van der Waals surface area (Å²) >= 11 is 3.65. The fourth-order valence-corrected chi connectivity index (χ4v) is 8.58. The van der Waals surface area contributed by atoms with Crippen molar-refractivity contribution in [2.24, 2.45) is 5.92 Å². The van der Waals surface area contributed by atoms with Crippen molar-refractivity contribution in [1.29, 1.82) is 0 Å². The number of hydrogen-bond acceptors (Lipinski definition) is 7. The third-order valence-corrected chi connectivity index (χ3v) is 10.2. The van der Waals surface area contributed by atoms with Crippen molar-refractivity contribution in [3.05, 3.63) is 96.8 Å². The largest absolute Gasteiger partial charge is 0.325 e. The molecule has 6 rings (SSSR count). The predicted octanol–water partition coefficient (Wildman–Crippen LogP) is 4.85. The van der Waals surface area contributed by atoms with Gasteiger partial charge in [0.25, 0.3) is 0 Å². The molecule has 192 valence electrons. The second-order valence-corrected chi connectivity index (χ2v) is 12.2. The number of carbonyl (C=O) groups excluding carboxylic acids is 3. The second kappa shape index (κ2) is 9.64. The van der Waals surface area contributed by atoms with Crippen LogP contribution in [0.15, 0.2) is 75.9 Å². The molecule has 2 aliphatic rings. The number of anilines is 2. The maximum Gasteiger partial charge on any atom is 0.308 e. The number of thiazole rings is 1. The van der Waals surface area contributed by atoms with E-state index in [2.05, 4.69) is 5.32 Å². The molecule has 4 aromatic rings. The van der Waals surface area contributed by atoms with Gasteiger partial charge >= 0.3 is 4.87 Å². The molecule has 3 atom stereocenters. The van der Waals surface area contributed by atoms with Gasteiger partial charge < -0.3 is 5.32 Å². The summed E-state index contributed by atoms with van der Waals surface area (Å²) < 4.78 is 14.6. The van der Waals surface area contributed by atoms with Crippen LogP contribution in [0.1, 0.15) is 21.2 Å². The molecule has 2 aliphatic heterocycles. The number of nitrogens with zero attached hydrogens (tertiary/aromatic N) is 2. The number of imide groups is 1. The van der Waals surface area contributed by atoms with Crippen LogP contribution in [-0.2, 0) is 20.9 Å². The maximum atomic E-state index is 13.8. The number of rotatable bonds is 5. The Kier molecular flexibility index (Phi) is 6.29. The van der Waals surface area contributed by atoms with Crippen LogP contribution in [-0.4, -0.2) is 27.5 Å². The minimum Gasteiger partial charge on any atom is -0.325 e. The number of halogens is 1. The molecule has 0 radical (unpaired) electrons. The molecule has 38 heavy (non-hydrogen) atoms. The Hall–Kier alpha value is -3.54. The summed E-state index contributed by atoms with van der Waals surface area (Å²) in [7, 11) is 0. The Morgan fingerprint density at radius 2 is 1.74 bits per heavy atom. The first-order valence-corrected chi connectivity index (χ1v) is 14.3. The smallest absolute Gasteiger partial charge is 0.308 e. The maximum absolute atomic E-state index is 13.8. The van der Waals surface area contributed by atoms with E-state index in [0.29, 0.717) is 21.3 Å². The highest BCUT2D eigenvalue weighted by molar-refractivity contribution is 8.00. The average Bonchev–Trinajstić information content (AvgIpc) is 3.59. The van der Waals surface area contributed by atoms with E-state index in [0.717, 1.165) is 21.8 Å². The molecule has 0 saturated carbocycles. The fourth-order valence-electron chi connectivity index (χ4n) is 4.86. The first kappa shape index (κ1) is 24.8. The zero-order valence-corrected chi connectivity index (χ0v) is 22.4. The minimum absolute atomic E-state index is 0.270. The van der Waals surface area contributed by atoms with Crippen molar-refractivity contribution in [2.75, 3.05) is 10.2 Å². The molecule has 3 amide bonds. The van der Waals surface area contributed by atoms with E-state index in [1.54, 1.807) is 12.1 Å². The summed E-state index contributed by atoms with van der Waals surface area (Å²) in [5, 5.41) is 4.38. The van der Waals surface area contributed by atoms with Crippen molar-refractivity contribution >= 4 is 63.5 Å². The van der Waals surface area contributed by atoms with E-state index in [4.69, 9.17) is 0 Å². The van der Waals surface area contributed by atoms with E-state index in [1.807, 2.05) is 36.6 Å². The van der Waals surface area contributed by atoms with E-state index < -0.39 is 28.8 Å². The number of aryl methyl sites for hydroxylation is 1. The molecule has 1 fully saturated rings. The topological polar surface area (TPSA) is 88.5 Å². The van der Waals surface area contributed by atoms with Gasteiger partial charge in [-0.1, -0.05) is 46.9 Å². The standard InChI is InChI=1S/C27H20FN3O4S3/c1-14-4-10-17(11-5-14)31-24(33)21-20(18-3-2-12-36-18)23-26(37-22(21)25(31)34)30(27(35)38-23)13-19(32)29-16-8-6-15(28)7-9-16/h2-12,20-22H,13H2,1H3,(H,29,32)/t20-,21-,22+/m0/s1. The number of thioether (sulfide) groups is 1. The van der Waals surface area contributed by atoms with Gasteiger partial charge in [0.15, 0.2) is 0 Å². The van der Waals surface area contributed by atoms with Gasteiger partial charge in [0, 0.05) is 21.4 Å². The lowest BCUT2D eigenvalue weighted by atomic mass is 9.87. The van der Waals surface area contributed by atoms with Gasteiger partial charge in [-0.3, -0.25) is 23.7 Å². The number of thiophene rings is 1. The normalized spacial score (nSPS) is 20.4. The highest BCUT2D eigenvalue weighted by atomic mass is 32.2. The van der Waals surface area contributed by atoms with E-state index in [-0.39, 0.29) is 23.2 Å². The molecule has 4 heterocycles. The summed E-state index contributed by atoms with van der Waals surface area (Å²) in [6, 6.07) is 16.4. The third kappa shape index (κ3) is 4.20. The number of aromatic nitrogens is 1. The molecular formula is C27H20FN3O4S3. The van der Waals surface area contributed by atoms with E-state index in [1.165, 1.54) is 56.8 Å². The summed E-state index contributed by atoms with van der Waals surface area (Å²) in [4.78, 5) is 55.9. The molecule has 0 spiro atoms. The lowest BCUT2D eigenvalue weighted by Crippen LogP contribution is -2.32. The summed E-state index contributed by atoms with van der Waals surface area (Å²) in [6.45, 7) is 1.66. The monoisotopic (exact) mass is 565 g/mol. The Bertz CT molecular complexity index is 1610. The lowest BCUT2D eigenvalue weighted by molar-refractivity contribution is -0.122. The van der Waals surface area contributed by atoms with Gasteiger partial charge in [0.2, 0.25) is 17.7 Å². The van der Waals surface area contributed by atoms with Crippen LogP contribution >= 0.6 is 34.4 Å². The lowest BCUT2D eigenvalue weighted by Gasteiger charge is -2.29. The van der Waals surface area contributed by atoms with Crippen LogP contribution in [0.4, 0.5) is 15.8 Å². The molecule has 2 aromatic heterocycles. The molecule has 2 aromatic carbocycles. The zero-order chi connectivity index (χ0) is 26.6. The number of nitrogens with one attached hydrogen (secondary N) is 1. The highest BCUT2D eigenvalue weighted by Gasteiger charge is 2.57. The first-order chi connectivity index (χ1) is 18.3. The highest BCUT2D eigenvalue weighted by Crippen LogP contribution is 2.54. The van der Waals surface area contributed by atoms with Crippen molar-refractivity contribution in [3.8, 4) is 0 Å². The molecule has 1 saturated heterocycles. The van der Waals surface area contributed by atoms with Gasteiger partial charge in [-0.25, -0.2) is 9.29 Å². The van der Waals surface area contributed by atoms with Crippen LogP contribution in [0, 0.1) is 18.7 Å². The fraction of sp³-hybridized carbons (Fsp3) is 0.185. The summed E-state index contributed by atoms with van der Waals surface area (Å²) in [5.74, 6) is -2.64. The second-order valence-electron chi connectivity index (χ2n) is 9.08. The molecule has 0 bridgehead atoms. The van der Waals surface area contributed by atoms with E-state index >= 15 is 0 Å². The molecule has 7 nitrogen and oxygen atoms in total. The summed E-state index contributed by atoms with van der Waals surface area (Å²) in [6.07, 6.45) is 0. The van der Waals surface area contributed by atoms with Crippen molar-refractivity contribution in [3.63, 3.8) is 0 Å². The Balaban J connectivity index is 1.38.